The first-order chi connectivity index (χ1) is 11.4. The molecule has 0 saturated heterocycles. The van der Waals surface area contributed by atoms with Gasteiger partial charge in [-0.25, -0.2) is 9.78 Å². The van der Waals surface area contributed by atoms with Crippen LogP contribution in [0.1, 0.15) is 0 Å². The van der Waals surface area contributed by atoms with Crippen molar-refractivity contribution in [1.29, 1.82) is 0 Å². The summed E-state index contributed by atoms with van der Waals surface area (Å²) in [4.78, 5) is 40.5. The number of halogens is 1. The van der Waals surface area contributed by atoms with Gasteiger partial charge in [0.1, 0.15) is 6.54 Å². The molecule has 0 bridgehead atoms. The Kier molecular flexibility index (Phi) is 3.98. The first-order valence-corrected chi connectivity index (χ1v) is 7.42. The lowest BCUT2D eigenvalue weighted by Crippen LogP contribution is -2.37. The molecule has 0 aliphatic rings. The van der Waals surface area contributed by atoms with Crippen molar-refractivity contribution in [2.24, 2.45) is 14.1 Å². The van der Waals surface area contributed by atoms with Crippen LogP contribution in [-0.2, 0) is 25.4 Å². The standard InChI is InChI=1S/C15H14ClN5O3/c1-19-13-12(14(23)20(2)15(19)24)21(8-17-13)7-11(22)18-10-5-3-4-9(16)6-10/h3-6,8H,7H2,1-2H3,(H,18,22). The van der Waals surface area contributed by atoms with Gasteiger partial charge in [0.05, 0.1) is 6.33 Å². The zero-order valence-corrected chi connectivity index (χ0v) is 13.7. The minimum Gasteiger partial charge on any atom is -0.324 e. The summed E-state index contributed by atoms with van der Waals surface area (Å²) in [6.07, 6.45) is 1.36. The normalized spacial score (nSPS) is 11.0. The fourth-order valence-electron chi connectivity index (χ4n) is 2.44. The molecule has 0 fully saturated rings. The minimum atomic E-state index is -0.499. The monoisotopic (exact) mass is 347 g/mol. The lowest BCUT2D eigenvalue weighted by Gasteiger charge is -2.08. The van der Waals surface area contributed by atoms with Gasteiger partial charge in [-0.05, 0) is 18.2 Å². The first-order valence-electron chi connectivity index (χ1n) is 7.04. The maximum atomic E-state index is 12.3. The molecule has 124 valence electrons. The molecular weight excluding hydrogens is 334 g/mol. The molecule has 2 heterocycles. The number of aryl methyl sites for hydroxylation is 1. The van der Waals surface area contributed by atoms with E-state index in [-0.39, 0.29) is 23.6 Å². The van der Waals surface area contributed by atoms with E-state index in [9.17, 15) is 14.4 Å². The number of benzene rings is 1. The van der Waals surface area contributed by atoms with Crippen LogP contribution < -0.4 is 16.6 Å². The lowest BCUT2D eigenvalue weighted by atomic mass is 10.3. The maximum absolute atomic E-state index is 12.3. The maximum Gasteiger partial charge on any atom is 0.332 e. The van der Waals surface area contributed by atoms with Gasteiger partial charge in [-0.15, -0.1) is 0 Å². The van der Waals surface area contributed by atoms with Crippen LogP contribution in [0.4, 0.5) is 5.69 Å². The highest BCUT2D eigenvalue weighted by molar-refractivity contribution is 6.30. The third kappa shape index (κ3) is 2.71. The predicted molar refractivity (Wildman–Crippen MR) is 90.3 cm³/mol. The number of nitrogens with one attached hydrogen (secondary N) is 1. The Morgan fingerprint density at radius 1 is 1.25 bits per heavy atom. The second kappa shape index (κ2) is 5.97. The van der Waals surface area contributed by atoms with Gasteiger partial charge in [0.25, 0.3) is 5.56 Å². The van der Waals surface area contributed by atoms with E-state index >= 15 is 0 Å². The van der Waals surface area contributed by atoms with Gasteiger partial charge in [0.2, 0.25) is 5.91 Å². The molecular formula is C15H14ClN5O3. The van der Waals surface area contributed by atoms with Gasteiger partial charge < -0.3 is 9.88 Å². The molecule has 9 heteroatoms. The zero-order chi connectivity index (χ0) is 17.4. The summed E-state index contributed by atoms with van der Waals surface area (Å²) < 4.78 is 3.66. The summed E-state index contributed by atoms with van der Waals surface area (Å²) in [5.74, 6) is -0.340. The van der Waals surface area contributed by atoms with Gasteiger partial charge in [0, 0.05) is 24.8 Å². The van der Waals surface area contributed by atoms with Crippen LogP contribution in [0.2, 0.25) is 5.02 Å². The minimum absolute atomic E-state index is 0.115. The number of nitrogens with zero attached hydrogens (tertiary/aromatic N) is 4. The van der Waals surface area contributed by atoms with Crippen LogP contribution in [0.25, 0.3) is 11.2 Å². The van der Waals surface area contributed by atoms with E-state index in [1.54, 1.807) is 24.3 Å². The van der Waals surface area contributed by atoms with Crippen LogP contribution in [0, 0.1) is 0 Å². The molecule has 0 aliphatic heterocycles. The highest BCUT2D eigenvalue weighted by Gasteiger charge is 2.16. The summed E-state index contributed by atoms with van der Waals surface area (Å²) in [5.41, 5.74) is 0.0130. The molecule has 1 amide bonds. The van der Waals surface area contributed by atoms with Gasteiger partial charge >= 0.3 is 5.69 Å². The summed E-state index contributed by atoms with van der Waals surface area (Å²) in [7, 11) is 2.90. The number of imidazole rings is 1. The Morgan fingerprint density at radius 3 is 2.71 bits per heavy atom. The average molecular weight is 348 g/mol. The highest BCUT2D eigenvalue weighted by atomic mass is 35.5. The molecule has 0 atom stereocenters. The quantitative estimate of drug-likeness (QED) is 0.756. The van der Waals surface area contributed by atoms with Crippen LogP contribution >= 0.6 is 11.6 Å². The smallest absolute Gasteiger partial charge is 0.324 e. The number of hydrogen-bond acceptors (Lipinski definition) is 4. The Hall–Kier alpha value is -2.87. The summed E-state index contributed by atoms with van der Waals surface area (Å²) in [5, 5.41) is 3.20. The van der Waals surface area contributed by atoms with E-state index in [1.807, 2.05) is 0 Å². The molecule has 2 aromatic heterocycles. The van der Waals surface area contributed by atoms with Crippen molar-refractivity contribution in [1.82, 2.24) is 18.7 Å². The van der Waals surface area contributed by atoms with E-state index in [0.717, 1.165) is 4.57 Å². The molecule has 3 rings (SSSR count). The van der Waals surface area contributed by atoms with Gasteiger partial charge in [-0.1, -0.05) is 17.7 Å². The second-order valence-corrected chi connectivity index (χ2v) is 5.75. The van der Waals surface area contributed by atoms with E-state index in [4.69, 9.17) is 11.6 Å². The van der Waals surface area contributed by atoms with Crippen LogP contribution in [-0.4, -0.2) is 24.6 Å². The van der Waals surface area contributed by atoms with Gasteiger partial charge in [-0.3, -0.25) is 18.7 Å². The number of aromatic nitrogens is 4. The largest absolute Gasteiger partial charge is 0.332 e. The molecule has 0 radical (unpaired) electrons. The van der Waals surface area contributed by atoms with Crippen molar-refractivity contribution in [3.63, 3.8) is 0 Å². The van der Waals surface area contributed by atoms with Crippen molar-refractivity contribution in [3.8, 4) is 0 Å². The summed E-state index contributed by atoms with van der Waals surface area (Å²) in [6.45, 7) is -0.115. The van der Waals surface area contributed by atoms with E-state index in [2.05, 4.69) is 10.3 Å². The molecule has 8 nitrogen and oxygen atoms in total. The average Bonchev–Trinajstić information content (AvgIpc) is 2.94. The number of fused-ring (bicyclic) bond motifs is 1. The number of amides is 1. The number of hydrogen-bond donors (Lipinski definition) is 1. The summed E-state index contributed by atoms with van der Waals surface area (Å²) >= 11 is 5.88. The molecule has 1 aromatic carbocycles. The third-order valence-corrected chi connectivity index (χ3v) is 3.87. The fraction of sp³-hybridized carbons (Fsp3) is 0.200. The lowest BCUT2D eigenvalue weighted by molar-refractivity contribution is -0.116. The van der Waals surface area contributed by atoms with E-state index < -0.39 is 11.2 Å². The number of carbonyl (C=O) groups excluding carboxylic acids is 1. The third-order valence-electron chi connectivity index (χ3n) is 3.64. The van der Waals surface area contributed by atoms with E-state index in [1.165, 1.54) is 29.6 Å². The fourth-order valence-corrected chi connectivity index (χ4v) is 2.63. The van der Waals surface area contributed by atoms with Crippen molar-refractivity contribution in [2.75, 3.05) is 5.32 Å². The Bertz CT molecular complexity index is 1060. The van der Waals surface area contributed by atoms with Crippen molar-refractivity contribution in [2.45, 2.75) is 6.54 Å². The van der Waals surface area contributed by atoms with Crippen molar-refractivity contribution in [3.05, 3.63) is 56.5 Å². The topological polar surface area (TPSA) is 90.9 Å². The second-order valence-electron chi connectivity index (χ2n) is 5.31. The van der Waals surface area contributed by atoms with Crippen LogP contribution in [0.15, 0.2) is 40.2 Å². The zero-order valence-electron chi connectivity index (χ0n) is 13.0. The van der Waals surface area contributed by atoms with Crippen molar-refractivity contribution >= 4 is 34.4 Å². The Balaban J connectivity index is 1.95. The Morgan fingerprint density at radius 2 is 2.00 bits per heavy atom. The van der Waals surface area contributed by atoms with Gasteiger partial charge in [0.15, 0.2) is 11.2 Å². The SMILES string of the molecule is Cn1c(=O)c2c(ncn2CC(=O)Nc2cccc(Cl)c2)n(C)c1=O. The molecule has 0 spiro atoms. The number of carbonyl (C=O) groups is 1. The number of anilines is 1. The van der Waals surface area contributed by atoms with Crippen LogP contribution in [0.5, 0.6) is 0 Å². The van der Waals surface area contributed by atoms with Crippen LogP contribution in [0.3, 0.4) is 0 Å². The van der Waals surface area contributed by atoms with Crippen molar-refractivity contribution < 1.29 is 4.79 Å². The molecule has 3 aromatic rings. The predicted octanol–water partition coefficient (Wildman–Crippen LogP) is 0.726. The van der Waals surface area contributed by atoms with Gasteiger partial charge in [-0.2, -0.15) is 0 Å². The molecule has 24 heavy (non-hydrogen) atoms. The first kappa shape index (κ1) is 16.0. The Labute approximate surface area is 140 Å². The molecule has 0 aliphatic carbocycles. The molecule has 0 unspecified atom stereocenters. The number of rotatable bonds is 3. The molecule has 1 N–H and O–H groups in total. The van der Waals surface area contributed by atoms with E-state index in [0.29, 0.717) is 10.7 Å². The summed E-state index contributed by atoms with van der Waals surface area (Å²) in [6, 6.07) is 6.74. The molecule has 0 saturated carbocycles. The highest BCUT2D eigenvalue weighted by Crippen LogP contribution is 2.15.